The Hall–Kier alpha value is -3.36. The molecule has 0 radical (unpaired) electrons. The van der Waals surface area contributed by atoms with Gasteiger partial charge in [0.1, 0.15) is 12.6 Å². The van der Waals surface area contributed by atoms with E-state index < -0.39 is 28.5 Å². The second-order valence-corrected chi connectivity index (χ2v) is 11.6. The third-order valence-electron chi connectivity index (χ3n) is 6.33. The average molecular weight is 556 g/mol. The van der Waals surface area contributed by atoms with Crippen molar-refractivity contribution in [2.45, 2.75) is 57.6 Å². The van der Waals surface area contributed by atoms with Crippen LogP contribution in [0.25, 0.3) is 0 Å². The number of hydrogen-bond donors (Lipinski definition) is 1. The molecule has 2 atom stereocenters. The van der Waals surface area contributed by atoms with E-state index in [-0.39, 0.29) is 23.4 Å². The van der Waals surface area contributed by atoms with E-state index in [9.17, 15) is 18.0 Å². The summed E-state index contributed by atoms with van der Waals surface area (Å²) in [7, 11) is -4.08. The van der Waals surface area contributed by atoms with E-state index in [4.69, 9.17) is 11.6 Å². The predicted molar refractivity (Wildman–Crippen MR) is 152 cm³/mol. The van der Waals surface area contributed by atoms with Gasteiger partial charge in [0.25, 0.3) is 10.0 Å². The molecule has 0 aliphatic heterocycles. The monoisotopic (exact) mass is 555 g/mol. The fraction of sp³-hybridized carbons (Fsp3) is 0.310. The standard InChI is InChI=1S/C29H34ClN3O4S/c1-5-22(3)31-29(35)23(4)32(19-24-14-16-25(30)17-15-24)28(34)20-33(26-11-9-10-21(2)18-26)38(36,37)27-12-7-6-8-13-27/h6-18,22-23H,5,19-20H2,1-4H3,(H,31,35)/t22-,23+/m1/s1. The normalized spacial score (nSPS) is 12.9. The second-order valence-electron chi connectivity index (χ2n) is 9.31. The largest absolute Gasteiger partial charge is 0.352 e. The summed E-state index contributed by atoms with van der Waals surface area (Å²) in [6.45, 7) is 6.98. The van der Waals surface area contributed by atoms with Gasteiger partial charge in [0.2, 0.25) is 11.8 Å². The van der Waals surface area contributed by atoms with Crippen molar-refractivity contribution in [2.75, 3.05) is 10.8 Å². The SMILES string of the molecule is CC[C@@H](C)NC(=O)[C@H](C)N(Cc1ccc(Cl)cc1)C(=O)CN(c1cccc(C)c1)S(=O)(=O)c1ccccc1. The maximum atomic E-state index is 13.9. The third-order valence-corrected chi connectivity index (χ3v) is 8.37. The quantitative estimate of drug-likeness (QED) is 0.353. The van der Waals surface area contributed by atoms with Crippen LogP contribution in [0.2, 0.25) is 5.02 Å². The minimum absolute atomic E-state index is 0.0697. The van der Waals surface area contributed by atoms with E-state index in [1.54, 1.807) is 67.6 Å². The van der Waals surface area contributed by atoms with Crippen LogP contribution < -0.4 is 9.62 Å². The molecule has 0 aliphatic carbocycles. The van der Waals surface area contributed by atoms with Gasteiger partial charge in [-0.15, -0.1) is 0 Å². The first-order valence-electron chi connectivity index (χ1n) is 12.5. The van der Waals surface area contributed by atoms with Crippen LogP contribution >= 0.6 is 11.6 Å². The van der Waals surface area contributed by atoms with Crippen LogP contribution in [0.1, 0.15) is 38.3 Å². The van der Waals surface area contributed by atoms with Crippen molar-refractivity contribution < 1.29 is 18.0 Å². The van der Waals surface area contributed by atoms with Crippen LogP contribution in [0.3, 0.4) is 0 Å². The Morgan fingerprint density at radius 3 is 2.21 bits per heavy atom. The number of carbonyl (C=O) groups is 2. The van der Waals surface area contributed by atoms with Crippen LogP contribution in [0.5, 0.6) is 0 Å². The molecule has 7 nitrogen and oxygen atoms in total. The molecule has 0 aromatic heterocycles. The van der Waals surface area contributed by atoms with E-state index >= 15 is 0 Å². The van der Waals surface area contributed by atoms with Crippen molar-refractivity contribution in [3.05, 3.63) is 95.0 Å². The molecule has 0 aliphatic rings. The molecule has 2 amide bonds. The lowest BCUT2D eigenvalue weighted by atomic mass is 10.1. The first-order valence-corrected chi connectivity index (χ1v) is 14.3. The van der Waals surface area contributed by atoms with Gasteiger partial charge in [-0.05, 0) is 74.7 Å². The molecule has 0 saturated heterocycles. The number of nitrogens with one attached hydrogen (secondary N) is 1. The lowest BCUT2D eigenvalue weighted by Gasteiger charge is -2.32. The summed E-state index contributed by atoms with van der Waals surface area (Å²) in [6, 6.07) is 21.0. The number of rotatable bonds is 11. The van der Waals surface area contributed by atoms with Gasteiger partial charge in [-0.1, -0.05) is 61.0 Å². The molecular weight excluding hydrogens is 522 g/mol. The number of amides is 2. The summed E-state index contributed by atoms with van der Waals surface area (Å²) >= 11 is 6.04. The Balaban J connectivity index is 2.01. The molecule has 0 fully saturated rings. The Morgan fingerprint density at radius 1 is 0.947 bits per heavy atom. The number of nitrogens with zero attached hydrogens (tertiary/aromatic N) is 2. The molecule has 0 unspecified atom stereocenters. The fourth-order valence-electron chi connectivity index (χ4n) is 3.87. The van der Waals surface area contributed by atoms with E-state index in [1.165, 1.54) is 17.0 Å². The number of halogens is 1. The molecular formula is C29H34ClN3O4S. The lowest BCUT2D eigenvalue weighted by Crippen LogP contribution is -2.52. The van der Waals surface area contributed by atoms with E-state index in [2.05, 4.69) is 5.32 Å². The van der Waals surface area contributed by atoms with Crippen molar-refractivity contribution in [1.82, 2.24) is 10.2 Å². The Morgan fingerprint density at radius 2 is 1.61 bits per heavy atom. The summed E-state index contributed by atoms with van der Waals surface area (Å²) < 4.78 is 28.6. The van der Waals surface area contributed by atoms with Gasteiger partial charge in [0, 0.05) is 17.6 Å². The number of aryl methyl sites for hydroxylation is 1. The molecule has 38 heavy (non-hydrogen) atoms. The molecule has 202 valence electrons. The second kappa shape index (κ2) is 12.9. The van der Waals surface area contributed by atoms with Crippen molar-refractivity contribution in [2.24, 2.45) is 0 Å². The van der Waals surface area contributed by atoms with Crippen LogP contribution in [-0.4, -0.2) is 43.8 Å². The van der Waals surface area contributed by atoms with Gasteiger partial charge in [0.15, 0.2) is 0 Å². The molecule has 0 spiro atoms. The lowest BCUT2D eigenvalue weighted by molar-refractivity contribution is -0.139. The molecule has 3 aromatic carbocycles. The van der Waals surface area contributed by atoms with Crippen molar-refractivity contribution in [3.8, 4) is 0 Å². The van der Waals surface area contributed by atoms with Gasteiger partial charge in [-0.3, -0.25) is 13.9 Å². The van der Waals surface area contributed by atoms with Crippen molar-refractivity contribution in [1.29, 1.82) is 0 Å². The zero-order valence-corrected chi connectivity index (χ0v) is 23.7. The zero-order valence-electron chi connectivity index (χ0n) is 22.1. The van der Waals surface area contributed by atoms with Gasteiger partial charge in [0.05, 0.1) is 10.6 Å². The maximum absolute atomic E-state index is 13.9. The summed E-state index contributed by atoms with van der Waals surface area (Å²) in [6.07, 6.45) is 0.736. The summed E-state index contributed by atoms with van der Waals surface area (Å²) in [5.41, 5.74) is 1.98. The molecule has 0 bridgehead atoms. The highest BCUT2D eigenvalue weighted by molar-refractivity contribution is 7.92. The molecule has 9 heteroatoms. The first kappa shape index (κ1) is 29.2. The fourth-order valence-corrected chi connectivity index (χ4v) is 5.42. The van der Waals surface area contributed by atoms with Gasteiger partial charge in [-0.25, -0.2) is 8.42 Å². The Bertz CT molecular complexity index is 1350. The molecule has 3 rings (SSSR count). The minimum Gasteiger partial charge on any atom is -0.352 e. The number of anilines is 1. The number of hydrogen-bond acceptors (Lipinski definition) is 4. The smallest absolute Gasteiger partial charge is 0.264 e. The van der Waals surface area contributed by atoms with Crippen LogP contribution in [-0.2, 0) is 26.2 Å². The van der Waals surface area contributed by atoms with Crippen molar-refractivity contribution in [3.63, 3.8) is 0 Å². The molecule has 3 aromatic rings. The molecule has 0 saturated carbocycles. The van der Waals surface area contributed by atoms with Crippen LogP contribution in [0.15, 0.2) is 83.8 Å². The summed E-state index contributed by atoms with van der Waals surface area (Å²) in [5.74, 6) is -0.817. The predicted octanol–water partition coefficient (Wildman–Crippen LogP) is 5.18. The van der Waals surface area contributed by atoms with Crippen LogP contribution in [0.4, 0.5) is 5.69 Å². The average Bonchev–Trinajstić information content (AvgIpc) is 2.91. The van der Waals surface area contributed by atoms with E-state index in [1.807, 2.05) is 26.8 Å². The van der Waals surface area contributed by atoms with Gasteiger partial charge >= 0.3 is 0 Å². The third kappa shape index (κ3) is 7.36. The summed E-state index contributed by atoms with van der Waals surface area (Å²) in [5, 5.41) is 3.47. The Kier molecular flexibility index (Phi) is 9.94. The van der Waals surface area contributed by atoms with Gasteiger partial charge in [-0.2, -0.15) is 0 Å². The van der Waals surface area contributed by atoms with E-state index in [0.717, 1.165) is 21.9 Å². The number of sulfonamides is 1. The van der Waals surface area contributed by atoms with Crippen LogP contribution in [0, 0.1) is 6.92 Å². The highest BCUT2D eigenvalue weighted by atomic mass is 35.5. The number of carbonyl (C=O) groups excluding carboxylic acids is 2. The van der Waals surface area contributed by atoms with Gasteiger partial charge < -0.3 is 10.2 Å². The summed E-state index contributed by atoms with van der Waals surface area (Å²) in [4.78, 5) is 28.4. The maximum Gasteiger partial charge on any atom is 0.264 e. The molecule has 1 N–H and O–H groups in total. The van der Waals surface area contributed by atoms with Crippen molar-refractivity contribution >= 4 is 39.1 Å². The first-order chi connectivity index (χ1) is 18.0. The Labute approximate surface area is 230 Å². The van der Waals surface area contributed by atoms with E-state index in [0.29, 0.717) is 10.7 Å². The number of benzene rings is 3. The topological polar surface area (TPSA) is 86.8 Å². The minimum atomic E-state index is -4.08. The zero-order chi connectivity index (χ0) is 27.9. The highest BCUT2D eigenvalue weighted by Gasteiger charge is 2.32. The molecule has 0 heterocycles. The highest BCUT2D eigenvalue weighted by Crippen LogP contribution is 2.25.